The Morgan fingerprint density at radius 3 is 2.74 bits per heavy atom. The zero-order valence-electron chi connectivity index (χ0n) is 13.3. The lowest BCUT2D eigenvalue weighted by molar-refractivity contribution is 0.0952. The van der Waals surface area contributed by atoms with Gasteiger partial charge in [0.15, 0.2) is 0 Å². The summed E-state index contributed by atoms with van der Waals surface area (Å²) in [6.07, 6.45) is 1.92. The SMILES string of the molecule is COCCCNC(=O)c1cc2cc(N(C)S(C)(=O)=O)ccc2s1. The lowest BCUT2D eigenvalue weighted by Crippen LogP contribution is -2.24. The van der Waals surface area contributed by atoms with Gasteiger partial charge in [0.05, 0.1) is 16.8 Å². The van der Waals surface area contributed by atoms with Gasteiger partial charge < -0.3 is 10.1 Å². The monoisotopic (exact) mass is 356 g/mol. The molecule has 1 amide bonds. The number of ether oxygens (including phenoxy) is 1. The number of fused-ring (bicyclic) bond motifs is 1. The zero-order chi connectivity index (χ0) is 17.0. The third-order valence-corrected chi connectivity index (χ3v) is 5.72. The predicted octanol–water partition coefficient (Wildman–Crippen LogP) is 2.06. The number of rotatable bonds is 7. The number of nitrogens with one attached hydrogen (secondary N) is 1. The third kappa shape index (κ3) is 4.43. The summed E-state index contributed by atoms with van der Waals surface area (Å²) >= 11 is 1.39. The molecule has 126 valence electrons. The van der Waals surface area contributed by atoms with Gasteiger partial charge in [0.1, 0.15) is 0 Å². The fourth-order valence-corrected chi connectivity index (χ4v) is 3.49. The van der Waals surface area contributed by atoms with Gasteiger partial charge in [0.2, 0.25) is 10.0 Å². The van der Waals surface area contributed by atoms with Crippen molar-refractivity contribution < 1.29 is 17.9 Å². The van der Waals surface area contributed by atoms with Crippen LogP contribution in [0.5, 0.6) is 0 Å². The average Bonchev–Trinajstić information content (AvgIpc) is 2.92. The summed E-state index contributed by atoms with van der Waals surface area (Å²) in [4.78, 5) is 12.7. The molecule has 0 unspecified atom stereocenters. The maximum atomic E-state index is 12.1. The molecule has 1 heterocycles. The van der Waals surface area contributed by atoms with Crippen molar-refractivity contribution in [3.05, 3.63) is 29.1 Å². The largest absolute Gasteiger partial charge is 0.385 e. The molecule has 0 radical (unpaired) electrons. The average molecular weight is 356 g/mol. The Morgan fingerprint density at radius 2 is 2.09 bits per heavy atom. The number of benzene rings is 1. The molecular formula is C15H20N2O4S2. The van der Waals surface area contributed by atoms with Gasteiger partial charge in [-0.05, 0) is 36.1 Å². The molecule has 0 fully saturated rings. The number of methoxy groups -OCH3 is 1. The summed E-state index contributed by atoms with van der Waals surface area (Å²) in [5, 5.41) is 3.69. The Labute approximate surface area is 140 Å². The molecule has 0 saturated heterocycles. The Kier molecular flexibility index (Phi) is 5.61. The summed E-state index contributed by atoms with van der Waals surface area (Å²) in [5.74, 6) is -0.125. The van der Waals surface area contributed by atoms with E-state index in [9.17, 15) is 13.2 Å². The minimum atomic E-state index is -3.31. The molecule has 0 aliphatic rings. The predicted molar refractivity (Wildman–Crippen MR) is 93.9 cm³/mol. The lowest BCUT2D eigenvalue weighted by atomic mass is 10.2. The second-order valence-electron chi connectivity index (χ2n) is 5.17. The highest BCUT2D eigenvalue weighted by molar-refractivity contribution is 7.92. The van der Waals surface area contributed by atoms with E-state index in [2.05, 4.69) is 5.32 Å². The first-order valence-corrected chi connectivity index (χ1v) is 9.74. The van der Waals surface area contributed by atoms with Crippen molar-refractivity contribution in [2.24, 2.45) is 0 Å². The lowest BCUT2D eigenvalue weighted by Gasteiger charge is -2.16. The number of hydrogen-bond acceptors (Lipinski definition) is 5. The Bertz CT molecular complexity index is 799. The van der Waals surface area contributed by atoms with Gasteiger partial charge in [-0.2, -0.15) is 0 Å². The van der Waals surface area contributed by atoms with Crippen LogP contribution in [-0.4, -0.2) is 47.9 Å². The van der Waals surface area contributed by atoms with E-state index in [4.69, 9.17) is 4.74 Å². The molecule has 1 aromatic heterocycles. The molecule has 0 aliphatic heterocycles. The van der Waals surface area contributed by atoms with Crippen LogP contribution in [0.15, 0.2) is 24.3 Å². The Morgan fingerprint density at radius 1 is 1.35 bits per heavy atom. The fraction of sp³-hybridized carbons (Fsp3) is 0.400. The number of nitrogens with zero attached hydrogens (tertiary/aromatic N) is 1. The van der Waals surface area contributed by atoms with Gasteiger partial charge in [-0.25, -0.2) is 8.42 Å². The van der Waals surface area contributed by atoms with Gasteiger partial charge in [0, 0.05) is 32.0 Å². The fourth-order valence-electron chi connectivity index (χ4n) is 2.04. The van der Waals surface area contributed by atoms with Crippen LogP contribution >= 0.6 is 11.3 Å². The van der Waals surface area contributed by atoms with E-state index < -0.39 is 10.0 Å². The highest BCUT2D eigenvalue weighted by atomic mass is 32.2. The number of anilines is 1. The van der Waals surface area contributed by atoms with Crippen molar-refractivity contribution in [2.75, 3.05) is 37.9 Å². The number of amides is 1. The summed E-state index contributed by atoms with van der Waals surface area (Å²) in [5.41, 5.74) is 0.574. The van der Waals surface area contributed by atoms with Crippen molar-refractivity contribution in [3.63, 3.8) is 0 Å². The van der Waals surface area contributed by atoms with E-state index in [1.165, 1.54) is 22.7 Å². The number of carbonyl (C=O) groups is 1. The third-order valence-electron chi connectivity index (χ3n) is 3.40. The molecule has 0 spiro atoms. The molecule has 1 aromatic carbocycles. The van der Waals surface area contributed by atoms with Crippen LogP contribution in [0.25, 0.3) is 10.1 Å². The van der Waals surface area contributed by atoms with Crippen molar-refractivity contribution in [3.8, 4) is 0 Å². The van der Waals surface area contributed by atoms with Crippen molar-refractivity contribution in [2.45, 2.75) is 6.42 Å². The van der Waals surface area contributed by atoms with E-state index in [0.29, 0.717) is 23.7 Å². The molecule has 8 heteroatoms. The first kappa shape index (κ1) is 17.7. The number of thiophene rings is 1. The van der Waals surface area contributed by atoms with Crippen LogP contribution < -0.4 is 9.62 Å². The minimum Gasteiger partial charge on any atom is -0.385 e. The van der Waals surface area contributed by atoms with Crippen LogP contribution in [0.2, 0.25) is 0 Å². The highest BCUT2D eigenvalue weighted by Gasteiger charge is 2.14. The summed E-state index contributed by atoms with van der Waals surface area (Å²) in [7, 11) is -0.176. The van der Waals surface area contributed by atoms with Crippen LogP contribution in [0.3, 0.4) is 0 Å². The molecule has 2 rings (SSSR count). The molecule has 1 N–H and O–H groups in total. The minimum absolute atomic E-state index is 0.125. The first-order chi connectivity index (χ1) is 10.8. The maximum Gasteiger partial charge on any atom is 0.261 e. The number of sulfonamides is 1. The van der Waals surface area contributed by atoms with Gasteiger partial charge in [-0.3, -0.25) is 9.10 Å². The second kappa shape index (κ2) is 7.29. The van der Waals surface area contributed by atoms with Crippen LogP contribution in [0.1, 0.15) is 16.1 Å². The second-order valence-corrected chi connectivity index (χ2v) is 8.26. The topological polar surface area (TPSA) is 75.7 Å². The molecule has 0 aliphatic carbocycles. The van der Waals surface area contributed by atoms with Crippen molar-refractivity contribution >= 4 is 43.0 Å². The van der Waals surface area contributed by atoms with Crippen LogP contribution in [0.4, 0.5) is 5.69 Å². The zero-order valence-corrected chi connectivity index (χ0v) is 15.0. The highest BCUT2D eigenvalue weighted by Crippen LogP contribution is 2.29. The molecule has 23 heavy (non-hydrogen) atoms. The Balaban J connectivity index is 2.17. The normalized spacial score (nSPS) is 11.6. The number of hydrogen-bond donors (Lipinski definition) is 1. The molecule has 0 atom stereocenters. The van der Waals surface area contributed by atoms with Crippen LogP contribution in [-0.2, 0) is 14.8 Å². The molecular weight excluding hydrogens is 336 g/mol. The quantitative estimate of drug-likeness (QED) is 0.771. The smallest absolute Gasteiger partial charge is 0.261 e. The summed E-state index contributed by atoms with van der Waals surface area (Å²) in [6, 6.07) is 7.12. The summed E-state index contributed by atoms with van der Waals surface area (Å²) in [6.45, 7) is 1.16. The van der Waals surface area contributed by atoms with Crippen LogP contribution in [0, 0.1) is 0 Å². The summed E-state index contributed by atoms with van der Waals surface area (Å²) < 4.78 is 30.3. The van der Waals surface area contributed by atoms with E-state index in [0.717, 1.165) is 22.8 Å². The van der Waals surface area contributed by atoms with Crippen molar-refractivity contribution in [1.29, 1.82) is 0 Å². The van der Waals surface area contributed by atoms with Gasteiger partial charge in [-0.15, -0.1) is 11.3 Å². The molecule has 0 bridgehead atoms. The van der Waals surface area contributed by atoms with Gasteiger partial charge >= 0.3 is 0 Å². The standard InChI is InChI=1S/C15H20N2O4S2/c1-17(23(3,19)20)12-5-6-13-11(9-12)10-14(22-13)15(18)16-7-4-8-21-2/h5-6,9-10H,4,7-8H2,1-3H3,(H,16,18). The van der Waals surface area contributed by atoms with E-state index in [1.807, 2.05) is 6.07 Å². The molecule has 2 aromatic rings. The Hall–Kier alpha value is -1.64. The molecule has 0 saturated carbocycles. The van der Waals surface area contributed by atoms with Gasteiger partial charge in [-0.1, -0.05) is 0 Å². The number of carbonyl (C=O) groups excluding carboxylic acids is 1. The van der Waals surface area contributed by atoms with E-state index in [-0.39, 0.29) is 5.91 Å². The van der Waals surface area contributed by atoms with E-state index >= 15 is 0 Å². The maximum absolute atomic E-state index is 12.1. The van der Waals surface area contributed by atoms with Crippen molar-refractivity contribution in [1.82, 2.24) is 5.32 Å². The van der Waals surface area contributed by atoms with E-state index in [1.54, 1.807) is 25.3 Å². The van der Waals surface area contributed by atoms with Gasteiger partial charge in [0.25, 0.3) is 5.91 Å². The first-order valence-electron chi connectivity index (χ1n) is 7.07. The molecule has 6 nitrogen and oxygen atoms in total.